The molecule has 2 aromatic carbocycles. The Morgan fingerprint density at radius 3 is 2.72 bits per heavy atom. The highest BCUT2D eigenvalue weighted by molar-refractivity contribution is 7.22. The highest BCUT2D eigenvalue weighted by Gasteiger charge is 2.34. The van der Waals surface area contributed by atoms with Crippen molar-refractivity contribution in [1.82, 2.24) is 19.9 Å². The van der Waals surface area contributed by atoms with Crippen molar-refractivity contribution in [3.05, 3.63) is 53.2 Å². The summed E-state index contributed by atoms with van der Waals surface area (Å²) >= 11 is 1.55. The fourth-order valence-corrected chi connectivity index (χ4v) is 8.18. The van der Waals surface area contributed by atoms with Gasteiger partial charge in [0.05, 0.1) is 22.4 Å². The van der Waals surface area contributed by atoms with Crippen molar-refractivity contribution in [2.24, 2.45) is 0 Å². The minimum Gasteiger partial charge on any atom is -0.493 e. The van der Waals surface area contributed by atoms with Gasteiger partial charge in [0.1, 0.15) is 16.5 Å². The van der Waals surface area contributed by atoms with Gasteiger partial charge in [-0.25, -0.2) is 19.7 Å². The van der Waals surface area contributed by atoms with E-state index in [1.165, 1.54) is 18.4 Å². The maximum Gasteiger partial charge on any atom is 0.337 e. The zero-order valence-electron chi connectivity index (χ0n) is 27.4. The van der Waals surface area contributed by atoms with Gasteiger partial charge in [-0.2, -0.15) is 0 Å². The number of aryl methyl sites for hydroxylation is 1. The molecule has 1 N–H and O–H groups in total. The first-order valence-corrected chi connectivity index (χ1v) is 17.3. The first-order valence-electron chi connectivity index (χ1n) is 16.5. The van der Waals surface area contributed by atoms with Crippen LogP contribution in [0, 0.1) is 6.92 Å². The predicted molar refractivity (Wildman–Crippen MR) is 182 cm³/mol. The van der Waals surface area contributed by atoms with E-state index in [0.717, 1.165) is 94.8 Å². The quantitative estimate of drug-likeness (QED) is 0.248. The highest BCUT2D eigenvalue weighted by Crippen LogP contribution is 2.47. The standard InChI is InChI=1S/C36H43N5O4S/c1-21-17-27-32-30(29(21)31(34(42)43)45-36(2,3)4)23-10-11-28-25(18-23)22(13-16-44-28)9-7-6-8-15-40(5)24-19-41(20-24)35-37-14-12-26(39-35)33(38-27)46-32/h10-12,14,17-18,22,24,31H,6-9,13,15-16,19-20H2,1-5H3,(H,42,43)/t22?,31-/m0/s1. The number of benzene rings is 2. The Bertz CT molecular complexity index is 1780. The SMILES string of the molecule is Cc1cc2nc3sc2c(c1[C@H](OC(C)(C)C)C(=O)O)-c1ccc2c(c1)C(CCCCCN(C)C1CN(C1)c1nccc-3n1)CCO2. The molecule has 0 radical (unpaired) electrons. The van der Waals surface area contributed by atoms with Crippen molar-refractivity contribution in [1.29, 1.82) is 0 Å². The van der Waals surface area contributed by atoms with Gasteiger partial charge in [-0.1, -0.05) is 18.9 Å². The molecule has 8 bridgehead atoms. The molecular weight excluding hydrogens is 598 g/mol. The molecule has 6 heterocycles. The lowest BCUT2D eigenvalue weighted by atomic mass is 9.85. The van der Waals surface area contributed by atoms with Crippen LogP contribution >= 0.6 is 11.3 Å². The van der Waals surface area contributed by atoms with E-state index in [0.29, 0.717) is 17.5 Å². The zero-order chi connectivity index (χ0) is 32.2. The van der Waals surface area contributed by atoms with Crippen molar-refractivity contribution in [3.8, 4) is 27.6 Å². The van der Waals surface area contributed by atoms with Gasteiger partial charge in [0, 0.05) is 36.5 Å². The number of aromatic nitrogens is 3. The van der Waals surface area contributed by atoms with Crippen LogP contribution in [0.2, 0.25) is 0 Å². The summed E-state index contributed by atoms with van der Waals surface area (Å²) in [6.45, 7) is 11.3. The topological polar surface area (TPSA) is 101 Å². The van der Waals surface area contributed by atoms with Crippen LogP contribution < -0.4 is 9.64 Å². The van der Waals surface area contributed by atoms with Crippen LogP contribution in [-0.4, -0.2) is 75.9 Å². The van der Waals surface area contributed by atoms with Gasteiger partial charge < -0.3 is 19.5 Å². The Morgan fingerprint density at radius 2 is 1.93 bits per heavy atom. The van der Waals surface area contributed by atoms with E-state index in [-0.39, 0.29) is 0 Å². The second kappa shape index (κ2) is 12.2. The summed E-state index contributed by atoms with van der Waals surface area (Å²) in [7, 11) is 2.23. The van der Waals surface area contributed by atoms with E-state index in [4.69, 9.17) is 19.4 Å². The molecule has 8 rings (SSSR count). The van der Waals surface area contributed by atoms with E-state index in [1.54, 1.807) is 11.3 Å². The van der Waals surface area contributed by atoms with Crippen molar-refractivity contribution in [2.45, 2.75) is 83.5 Å². The number of carboxylic acid groups (broad SMARTS) is 1. The van der Waals surface area contributed by atoms with E-state index in [9.17, 15) is 9.90 Å². The fourth-order valence-electron chi connectivity index (χ4n) is 7.08. The van der Waals surface area contributed by atoms with Gasteiger partial charge in [0.2, 0.25) is 5.95 Å². The second-order valence-electron chi connectivity index (χ2n) is 14.0. The Kier molecular flexibility index (Phi) is 8.23. The number of aliphatic carboxylic acids is 1. The van der Waals surface area contributed by atoms with Crippen LogP contribution in [0.3, 0.4) is 0 Å². The van der Waals surface area contributed by atoms with Gasteiger partial charge in [-0.05, 0) is 107 Å². The summed E-state index contributed by atoms with van der Waals surface area (Å²) in [6.07, 6.45) is 6.28. The number of rotatable bonds is 3. The largest absolute Gasteiger partial charge is 0.493 e. The summed E-state index contributed by atoms with van der Waals surface area (Å²) in [5.74, 6) is 1.04. The van der Waals surface area contributed by atoms with Crippen LogP contribution in [-0.2, 0) is 9.53 Å². The minimum absolute atomic E-state index is 0.397. The van der Waals surface area contributed by atoms with Crippen molar-refractivity contribution < 1.29 is 19.4 Å². The lowest BCUT2D eigenvalue weighted by Crippen LogP contribution is -2.59. The van der Waals surface area contributed by atoms with Crippen molar-refractivity contribution in [2.75, 3.05) is 38.2 Å². The molecule has 1 unspecified atom stereocenters. The summed E-state index contributed by atoms with van der Waals surface area (Å²) in [6, 6.07) is 10.8. The number of anilines is 1. The number of thiazole rings is 1. The molecule has 4 aliphatic rings. The van der Waals surface area contributed by atoms with Crippen LogP contribution in [0.15, 0.2) is 36.5 Å². The molecule has 9 nitrogen and oxygen atoms in total. The van der Waals surface area contributed by atoms with E-state index >= 15 is 0 Å². The third-order valence-electron chi connectivity index (χ3n) is 9.54. The third kappa shape index (κ3) is 5.98. The fraction of sp³-hybridized carbons (Fsp3) is 0.500. The maximum atomic E-state index is 12.9. The van der Waals surface area contributed by atoms with Gasteiger partial charge in [0.15, 0.2) is 6.10 Å². The molecule has 4 aliphatic heterocycles. The van der Waals surface area contributed by atoms with Crippen LogP contribution in [0.25, 0.3) is 32.0 Å². The molecule has 4 aromatic rings. The Balaban J connectivity index is 1.43. The van der Waals surface area contributed by atoms with E-state index in [1.807, 2.05) is 46.0 Å². The van der Waals surface area contributed by atoms with Crippen LogP contribution in [0.5, 0.6) is 5.75 Å². The molecule has 242 valence electrons. The normalized spacial score (nSPS) is 21.0. The minimum atomic E-state index is -1.15. The molecule has 0 amide bonds. The second-order valence-corrected chi connectivity index (χ2v) is 15.0. The number of hydrogen-bond acceptors (Lipinski definition) is 9. The average Bonchev–Trinajstić information content (AvgIpc) is 3.41. The third-order valence-corrected chi connectivity index (χ3v) is 10.7. The maximum absolute atomic E-state index is 12.9. The highest BCUT2D eigenvalue weighted by atomic mass is 32.1. The van der Waals surface area contributed by atoms with Gasteiger partial charge in [-0.3, -0.25) is 4.90 Å². The first kappa shape index (κ1) is 31.0. The predicted octanol–water partition coefficient (Wildman–Crippen LogP) is 7.23. The Morgan fingerprint density at radius 1 is 1.11 bits per heavy atom. The average molecular weight is 642 g/mol. The van der Waals surface area contributed by atoms with E-state index < -0.39 is 17.7 Å². The number of carboxylic acids is 1. The summed E-state index contributed by atoms with van der Waals surface area (Å²) in [5, 5.41) is 11.3. The molecule has 1 saturated heterocycles. The molecule has 0 saturated carbocycles. The summed E-state index contributed by atoms with van der Waals surface area (Å²) in [5.41, 5.74) is 5.45. The number of carbonyl (C=O) groups is 1. The van der Waals surface area contributed by atoms with Crippen molar-refractivity contribution in [3.63, 3.8) is 0 Å². The number of hydrogen-bond donors (Lipinski definition) is 1. The Hall–Kier alpha value is -3.60. The number of nitrogens with zero attached hydrogens (tertiary/aromatic N) is 5. The smallest absolute Gasteiger partial charge is 0.337 e. The number of likely N-dealkylation sites (N-methyl/N-ethyl adjacent to an activating group) is 1. The molecule has 2 aromatic heterocycles. The van der Waals surface area contributed by atoms with Gasteiger partial charge >= 0.3 is 5.97 Å². The number of fused-ring (bicyclic) bond motifs is 5. The molecule has 2 atom stereocenters. The summed E-state index contributed by atoms with van der Waals surface area (Å²) < 4.78 is 13.4. The van der Waals surface area contributed by atoms with Crippen LogP contribution in [0.4, 0.5) is 5.95 Å². The summed E-state index contributed by atoms with van der Waals surface area (Å²) in [4.78, 5) is 32.3. The monoisotopic (exact) mass is 641 g/mol. The lowest BCUT2D eigenvalue weighted by Gasteiger charge is -2.44. The molecule has 1 fully saturated rings. The molecule has 46 heavy (non-hydrogen) atoms. The zero-order valence-corrected chi connectivity index (χ0v) is 28.2. The van der Waals surface area contributed by atoms with E-state index in [2.05, 4.69) is 40.0 Å². The molecular formula is C36H43N5O4S. The van der Waals surface area contributed by atoms with Gasteiger partial charge in [-0.15, -0.1) is 11.3 Å². The number of ether oxygens (including phenoxy) is 2. The first-order chi connectivity index (χ1) is 22.1. The molecule has 10 heteroatoms. The molecule has 0 spiro atoms. The molecule has 0 aliphatic carbocycles. The Labute approximate surface area is 274 Å². The van der Waals surface area contributed by atoms with Gasteiger partial charge in [0.25, 0.3) is 0 Å². The lowest BCUT2D eigenvalue weighted by molar-refractivity contribution is -0.160. The van der Waals surface area contributed by atoms with Crippen LogP contribution in [0.1, 0.15) is 81.6 Å². The van der Waals surface area contributed by atoms with Crippen molar-refractivity contribution >= 4 is 33.5 Å².